The Bertz CT molecular complexity index is 3180. The Labute approximate surface area is 447 Å². The zero-order valence-electron chi connectivity index (χ0n) is 44.8. The molecule has 0 unspecified atom stereocenters. The van der Waals surface area contributed by atoms with Gasteiger partial charge in [0.05, 0.1) is 22.6 Å². The Morgan fingerprint density at radius 3 is 1.19 bits per heavy atom. The van der Waals surface area contributed by atoms with Gasteiger partial charge in [-0.3, -0.25) is 43.3 Å². The van der Waals surface area contributed by atoms with Crippen molar-refractivity contribution in [1.29, 1.82) is 0 Å². The lowest BCUT2D eigenvalue weighted by atomic mass is 10.2. The fourth-order valence-electron chi connectivity index (χ4n) is 7.93. The number of carbonyl (C=O) groups excluding carboxylic acids is 8. The predicted molar refractivity (Wildman–Crippen MR) is 289 cm³/mol. The Morgan fingerprint density at radius 1 is 0.423 bits per heavy atom. The number of aryl methyl sites for hydroxylation is 6. The molecule has 8 amide bonds. The third-order valence-corrected chi connectivity index (χ3v) is 11.8. The molecule has 0 aliphatic heterocycles. The fraction of sp³-hybridized carbons (Fsp3) is 0.320. The van der Waals surface area contributed by atoms with Gasteiger partial charge in [-0.25, -0.2) is 15.0 Å². The molecule has 78 heavy (non-hydrogen) atoms. The average Bonchev–Trinajstić information content (AvgIpc) is 4.25. The van der Waals surface area contributed by atoms with Crippen LogP contribution in [0.2, 0.25) is 0 Å². The van der Waals surface area contributed by atoms with Gasteiger partial charge in [0, 0.05) is 98.8 Å². The number of pyridine rings is 1. The maximum atomic E-state index is 13.4. The number of imidazole rings is 3. The summed E-state index contributed by atoms with van der Waals surface area (Å²) < 4.78 is 8.95. The summed E-state index contributed by atoms with van der Waals surface area (Å²) in [5.41, 5.74) is 1.89. The summed E-state index contributed by atoms with van der Waals surface area (Å²) >= 11 is 0. The summed E-state index contributed by atoms with van der Waals surface area (Å²) in [7, 11) is 17.5. The molecule has 0 spiro atoms. The molecule has 0 saturated heterocycles. The highest BCUT2D eigenvalue weighted by Crippen LogP contribution is 2.21. The molecule has 28 nitrogen and oxygen atoms in total. The maximum absolute atomic E-state index is 13.4. The molecule has 0 aliphatic rings. The highest BCUT2D eigenvalue weighted by Gasteiger charge is 2.24. The largest absolute Gasteiger partial charge is 0.351 e. The molecule has 7 aromatic heterocycles. The van der Waals surface area contributed by atoms with Crippen molar-refractivity contribution in [2.75, 3.05) is 86.3 Å². The third kappa shape index (κ3) is 14.0. The lowest BCUT2D eigenvalue weighted by molar-refractivity contribution is 0.0932. The van der Waals surface area contributed by atoms with Crippen LogP contribution in [0.5, 0.6) is 0 Å². The van der Waals surface area contributed by atoms with Crippen LogP contribution in [0, 0.1) is 0 Å². The molecular formula is C50H62N20O8. The smallest absolute Gasteiger partial charge is 0.292 e. The van der Waals surface area contributed by atoms with E-state index in [0.717, 1.165) is 25.9 Å². The lowest BCUT2D eigenvalue weighted by Crippen LogP contribution is -2.29. The van der Waals surface area contributed by atoms with E-state index in [9.17, 15) is 38.4 Å². The summed E-state index contributed by atoms with van der Waals surface area (Å²) in [6.07, 6.45) is 11.8. The van der Waals surface area contributed by atoms with Gasteiger partial charge in [-0.05, 0) is 84.5 Å². The van der Waals surface area contributed by atoms with Gasteiger partial charge in [-0.15, -0.1) is 0 Å². The molecule has 7 heterocycles. The number of carbonyl (C=O) groups is 8. The molecule has 8 N–H and O–H groups in total. The second-order valence-electron chi connectivity index (χ2n) is 18.8. The Balaban J connectivity index is 0.882. The predicted octanol–water partition coefficient (Wildman–Crippen LogP) is 2.17. The summed E-state index contributed by atoms with van der Waals surface area (Å²) in [4.78, 5) is 126. The van der Waals surface area contributed by atoms with Gasteiger partial charge in [-0.2, -0.15) is 0 Å². The van der Waals surface area contributed by atoms with Gasteiger partial charge in [0.2, 0.25) is 17.5 Å². The van der Waals surface area contributed by atoms with Crippen molar-refractivity contribution in [2.24, 2.45) is 42.3 Å². The first-order chi connectivity index (χ1) is 37.0. The van der Waals surface area contributed by atoms with Crippen LogP contribution in [-0.2, 0) is 42.3 Å². The van der Waals surface area contributed by atoms with Crippen LogP contribution in [-0.4, -0.2) is 159 Å². The van der Waals surface area contributed by atoms with Gasteiger partial charge in [0.15, 0.2) is 17.5 Å². The second-order valence-corrected chi connectivity index (χ2v) is 18.8. The van der Waals surface area contributed by atoms with Crippen LogP contribution in [0.15, 0.2) is 73.7 Å². The standard InChI is InChI=1S/C50H62N20O8/c1-63(2)17-11-15-51-45(73)34-19-31(24-65(34)5)55-47(75)36-21-32(25-67(36)7)56-46(74)35-20-30(23-66(35)6)54-43(71)29-13-14-33(53-22-29)44(72)60-37-26-69(9)41(58-37)49(77)62-39-28-70(10)42(59-39)50(78)61-38-27-68(8)40(57-38)48(76)52-16-12-18-64(3)4/h13-14,19-28H,11-12,15-18H2,1-10H3,(H,51,73)(H,52,76)(H,54,71)(H,55,75)(H,56,74)(H,60,72)(H,61,78)(H,62,77). The van der Waals surface area contributed by atoms with Gasteiger partial charge in [0.1, 0.15) is 22.8 Å². The molecular weight excluding hydrogens is 1010 g/mol. The highest BCUT2D eigenvalue weighted by atomic mass is 16.2. The van der Waals surface area contributed by atoms with E-state index in [-0.39, 0.29) is 63.5 Å². The maximum Gasteiger partial charge on any atom is 0.292 e. The second kappa shape index (κ2) is 24.3. The van der Waals surface area contributed by atoms with E-state index in [1.807, 2.05) is 38.0 Å². The molecule has 28 heteroatoms. The number of nitrogens with one attached hydrogen (secondary N) is 8. The minimum Gasteiger partial charge on any atom is -0.351 e. The van der Waals surface area contributed by atoms with Crippen LogP contribution in [0.25, 0.3) is 0 Å². The van der Waals surface area contributed by atoms with E-state index in [0.29, 0.717) is 35.8 Å². The molecule has 0 bridgehead atoms. The number of nitrogens with zero attached hydrogens (tertiary/aromatic N) is 12. The Morgan fingerprint density at radius 2 is 0.795 bits per heavy atom. The normalized spacial score (nSPS) is 11.1. The Kier molecular flexibility index (Phi) is 17.5. The van der Waals surface area contributed by atoms with Gasteiger partial charge in [-0.1, -0.05) is 0 Å². The molecule has 0 aromatic carbocycles. The number of aromatic nitrogens is 10. The van der Waals surface area contributed by atoms with Crippen molar-refractivity contribution in [2.45, 2.75) is 12.8 Å². The van der Waals surface area contributed by atoms with Crippen molar-refractivity contribution in [3.8, 4) is 0 Å². The van der Waals surface area contributed by atoms with E-state index in [4.69, 9.17) is 0 Å². The van der Waals surface area contributed by atoms with Gasteiger partial charge >= 0.3 is 0 Å². The first-order valence-corrected chi connectivity index (χ1v) is 24.3. The number of hydrogen-bond acceptors (Lipinski definition) is 14. The molecule has 0 aliphatic carbocycles. The van der Waals surface area contributed by atoms with Crippen molar-refractivity contribution in [1.82, 2.24) is 67.8 Å². The quantitative estimate of drug-likeness (QED) is 0.0452. The van der Waals surface area contributed by atoms with Crippen molar-refractivity contribution >= 4 is 81.8 Å². The number of anilines is 6. The fourth-order valence-corrected chi connectivity index (χ4v) is 7.93. The average molecular weight is 1070 g/mol. The molecule has 0 radical (unpaired) electrons. The van der Waals surface area contributed by atoms with Crippen LogP contribution in [0.4, 0.5) is 34.5 Å². The zero-order valence-corrected chi connectivity index (χ0v) is 44.8. The molecule has 7 rings (SSSR count). The topological polar surface area (TPSA) is 320 Å². The number of amides is 8. The first-order valence-electron chi connectivity index (χ1n) is 24.3. The minimum atomic E-state index is -0.699. The van der Waals surface area contributed by atoms with E-state index in [1.54, 1.807) is 62.8 Å². The van der Waals surface area contributed by atoms with E-state index < -0.39 is 41.4 Å². The molecule has 0 saturated carbocycles. The number of hydrogen-bond donors (Lipinski definition) is 8. The van der Waals surface area contributed by atoms with E-state index >= 15 is 0 Å². The molecule has 7 aromatic rings. The third-order valence-electron chi connectivity index (χ3n) is 11.8. The van der Waals surface area contributed by atoms with Crippen LogP contribution in [0.3, 0.4) is 0 Å². The zero-order chi connectivity index (χ0) is 56.5. The van der Waals surface area contributed by atoms with Crippen LogP contribution < -0.4 is 42.5 Å². The lowest BCUT2D eigenvalue weighted by Gasteiger charge is -2.10. The summed E-state index contributed by atoms with van der Waals surface area (Å²) in [6.45, 7) is 2.60. The van der Waals surface area contributed by atoms with Crippen molar-refractivity contribution in [3.05, 3.63) is 120 Å². The monoisotopic (exact) mass is 1070 g/mol. The van der Waals surface area contributed by atoms with Gasteiger partial charge < -0.3 is 79.7 Å². The highest BCUT2D eigenvalue weighted by molar-refractivity contribution is 6.10. The van der Waals surface area contributed by atoms with E-state index in [1.165, 1.54) is 80.6 Å². The summed E-state index contributed by atoms with van der Waals surface area (Å²) in [6, 6.07) is 7.28. The van der Waals surface area contributed by atoms with Crippen molar-refractivity contribution < 1.29 is 38.4 Å². The van der Waals surface area contributed by atoms with Gasteiger partial charge in [0.25, 0.3) is 47.3 Å². The molecule has 0 atom stereocenters. The SMILES string of the molecule is CN(C)CCCNC(=O)c1cc(NC(=O)c2cc(NC(=O)c3cc(NC(=O)c4ccc(C(=O)Nc5cn(C)c(C(=O)Nc6cn(C)c(C(=O)Nc7cn(C)c(C(=O)NCCCN(C)C)n7)n6)n5)nc4)cn3C)cn2C)cn1C. The first kappa shape index (κ1) is 56.0. The van der Waals surface area contributed by atoms with Crippen molar-refractivity contribution in [3.63, 3.8) is 0 Å². The summed E-state index contributed by atoms with van der Waals surface area (Å²) in [5.74, 6) is -4.13. The minimum absolute atomic E-state index is 0.0168. The van der Waals surface area contributed by atoms with Crippen LogP contribution >= 0.6 is 0 Å². The molecule has 0 fully saturated rings. The van der Waals surface area contributed by atoms with E-state index in [2.05, 4.69) is 62.5 Å². The number of rotatable bonds is 22. The molecule has 410 valence electrons. The Hall–Kier alpha value is -9.70. The van der Waals surface area contributed by atoms with Crippen LogP contribution in [0.1, 0.15) is 97.0 Å². The summed E-state index contributed by atoms with van der Waals surface area (Å²) in [5, 5.41) is 21.8.